The minimum atomic E-state index is 0.736. The van der Waals surface area contributed by atoms with Crippen molar-refractivity contribution in [1.82, 2.24) is 4.98 Å². The van der Waals surface area contributed by atoms with Crippen LogP contribution in [0.15, 0.2) is 27.8 Å². The van der Waals surface area contributed by atoms with Crippen LogP contribution in [0.5, 0.6) is 0 Å². The van der Waals surface area contributed by atoms with E-state index in [-0.39, 0.29) is 0 Å². The van der Waals surface area contributed by atoms with E-state index in [1.807, 2.05) is 12.1 Å². The Bertz CT molecular complexity index is 172. The maximum absolute atomic E-state index is 4.01. The molecule has 1 aromatic heterocycles. The van der Waals surface area contributed by atoms with E-state index in [1.54, 1.807) is 6.20 Å². The number of pyridine rings is 1. The smallest absolute Gasteiger partial charge is 0.0940 e. The third-order valence-corrected chi connectivity index (χ3v) is 1.45. The molecular weight excluding hydrogens is 186 g/mol. The Kier molecular flexibility index (Phi) is 1.91. The standard InChI is InChI=1S/C5H4BrNS/c6-4-1-2-7-5(8)3-4/h1-3H,(H,7,8). The molecule has 0 fully saturated rings. The van der Waals surface area contributed by atoms with Crippen LogP contribution >= 0.6 is 28.6 Å². The minimum Gasteiger partial charge on any atom is -0.250 e. The molecular formula is C5H4BrNS. The van der Waals surface area contributed by atoms with Gasteiger partial charge in [-0.05, 0) is 12.1 Å². The molecule has 0 aliphatic rings. The van der Waals surface area contributed by atoms with E-state index in [4.69, 9.17) is 0 Å². The van der Waals surface area contributed by atoms with Gasteiger partial charge >= 0.3 is 0 Å². The van der Waals surface area contributed by atoms with E-state index in [0.29, 0.717) is 0 Å². The Morgan fingerprint density at radius 3 is 2.75 bits per heavy atom. The fraction of sp³-hybridized carbons (Fsp3) is 0. The summed E-state index contributed by atoms with van der Waals surface area (Å²) in [6.07, 6.45) is 1.70. The van der Waals surface area contributed by atoms with Crippen LogP contribution in [0.3, 0.4) is 0 Å². The van der Waals surface area contributed by atoms with Crippen LogP contribution in [0.2, 0.25) is 0 Å². The van der Waals surface area contributed by atoms with E-state index in [0.717, 1.165) is 9.50 Å². The monoisotopic (exact) mass is 189 g/mol. The topological polar surface area (TPSA) is 12.9 Å². The van der Waals surface area contributed by atoms with Crippen molar-refractivity contribution in [3.05, 3.63) is 22.8 Å². The molecule has 1 nitrogen and oxygen atoms in total. The summed E-state index contributed by atoms with van der Waals surface area (Å²) in [5, 5.41) is 0.736. The van der Waals surface area contributed by atoms with Crippen molar-refractivity contribution < 1.29 is 0 Å². The van der Waals surface area contributed by atoms with Crippen LogP contribution in [0, 0.1) is 0 Å². The quantitative estimate of drug-likeness (QED) is 0.618. The molecule has 0 aliphatic heterocycles. The van der Waals surface area contributed by atoms with Gasteiger partial charge in [0.05, 0.1) is 5.03 Å². The van der Waals surface area contributed by atoms with Crippen molar-refractivity contribution in [2.45, 2.75) is 5.03 Å². The van der Waals surface area contributed by atoms with Crippen LogP contribution in [-0.2, 0) is 0 Å². The number of nitrogens with zero attached hydrogens (tertiary/aromatic N) is 1. The zero-order valence-corrected chi connectivity index (χ0v) is 6.48. The molecule has 0 saturated carbocycles. The molecule has 1 rings (SSSR count). The second-order valence-corrected chi connectivity index (χ2v) is 2.71. The summed E-state index contributed by atoms with van der Waals surface area (Å²) in [5.74, 6) is 0. The first-order valence-electron chi connectivity index (χ1n) is 2.09. The van der Waals surface area contributed by atoms with Gasteiger partial charge in [-0.25, -0.2) is 0 Å². The van der Waals surface area contributed by atoms with Gasteiger partial charge in [-0.15, -0.1) is 12.6 Å². The Hall–Kier alpha value is -0.0200. The van der Waals surface area contributed by atoms with Gasteiger partial charge < -0.3 is 0 Å². The fourth-order valence-corrected chi connectivity index (χ4v) is 1.11. The van der Waals surface area contributed by atoms with Crippen molar-refractivity contribution >= 4 is 28.6 Å². The molecule has 0 unspecified atom stereocenters. The Balaban J connectivity index is 3.08. The average Bonchev–Trinajstić information content (AvgIpc) is 1.64. The third-order valence-electron chi connectivity index (χ3n) is 0.708. The number of hydrogen-bond acceptors (Lipinski definition) is 2. The van der Waals surface area contributed by atoms with E-state index >= 15 is 0 Å². The number of rotatable bonds is 0. The van der Waals surface area contributed by atoms with Crippen LogP contribution in [0.1, 0.15) is 0 Å². The molecule has 3 heteroatoms. The number of hydrogen-bond donors (Lipinski definition) is 1. The number of aromatic nitrogens is 1. The van der Waals surface area contributed by atoms with Gasteiger partial charge in [0.2, 0.25) is 0 Å². The molecule has 0 atom stereocenters. The molecule has 0 bridgehead atoms. The summed E-state index contributed by atoms with van der Waals surface area (Å²) in [6, 6.07) is 3.70. The van der Waals surface area contributed by atoms with Crippen molar-refractivity contribution in [2.75, 3.05) is 0 Å². The Labute approximate surface area is 61.7 Å². The highest BCUT2D eigenvalue weighted by Crippen LogP contribution is 2.10. The van der Waals surface area contributed by atoms with Crippen LogP contribution in [-0.4, -0.2) is 4.98 Å². The lowest BCUT2D eigenvalue weighted by molar-refractivity contribution is 1.13. The molecule has 0 N–H and O–H groups in total. The summed E-state index contributed by atoms with van der Waals surface area (Å²) in [7, 11) is 0. The first-order valence-corrected chi connectivity index (χ1v) is 3.33. The van der Waals surface area contributed by atoms with Crippen LogP contribution in [0.25, 0.3) is 0 Å². The second kappa shape index (κ2) is 2.51. The van der Waals surface area contributed by atoms with Gasteiger partial charge in [0, 0.05) is 10.7 Å². The molecule has 8 heavy (non-hydrogen) atoms. The predicted molar refractivity (Wildman–Crippen MR) is 39.2 cm³/mol. The highest BCUT2D eigenvalue weighted by molar-refractivity contribution is 9.10. The fourth-order valence-electron chi connectivity index (χ4n) is 0.394. The van der Waals surface area contributed by atoms with Gasteiger partial charge in [-0.3, -0.25) is 4.98 Å². The molecule has 0 radical (unpaired) electrons. The highest BCUT2D eigenvalue weighted by Gasteiger charge is 1.84. The SMILES string of the molecule is Sc1cc(Br)ccn1. The summed E-state index contributed by atoms with van der Waals surface area (Å²) in [5.41, 5.74) is 0. The summed E-state index contributed by atoms with van der Waals surface area (Å²) >= 11 is 7.29. The van der Waals surface area contributed by atoms with Crippen molar-refractivity contribution in [1.29, 1.82) is 0 Å². The number of halogens is 1. The third kappa shape index (κ3) is 1.49. The lowest BCUT2D eigenvalue weighted by Gasteiger charge is -1.87. The molecule has 0 aliphatic carbocycles. The Morgan fingerprint density at radius 2 is 2.38 bits per heavy atom. The first-order chi connectivity index (χ1) is 3.79. The van der Waals surface area contributed by atoms with Gasteiger partial charge in [0.15, 0.2) is 0 Å². The van der Waals surface area contributed by atoms with Crippen LogP contribution in [0.4, 0.5) is 0 Å². The molecule has 0 aromatic carbocycles. The molecule has 0 amide bonds. The maximum atomic E-state index is 4.01. The first kappa shape index (κ1) is 6.11. The van der Waals surface area contributed by atoms with Crippen LogP contribution < -0.4 is 0 Å². The zero-order valence-electron chi connectivity index (χ0n) is 4.00. The van der Waals surface area contributed by atoms with Gasteiger partial charge in [0.25, 0.3) is 0 Å². The normalized spacial score (nSPS) is 9.25. The van der Waals surface area contributed by atoms with E-state index in [9.17, 15) is 0 Å². The summed E-state index contributed by atoms with van der Waals surface area (Å²) in [6.45, 7) is 0. The van der Waals surface area contributed by atoms with Crippen molar-refractivity contribution in [2.24, 2.45) is 0 Å². The largest absolute Gasteiger partial charge is 0.250 e. The second-order valence-electron chi connectivity index (χ2n) is 1.33. The lowest BCUT2D eigenvalue weighted by Crippen LogP contribution is -1.71. The van der Waals surface area contributed by atoms with Gasteiger partial charge in [-0.2, -0.15) is 0 Å². The molecule has 1 aromatic rings. The zero-order chi connectivity index (χ0) is 5.98. The van der Waals surface area contributed by atoms with E-state index in [1.165, 1.54) is 0 Å². The highest BCUT2D eigenvalue weighted by atomic mass is 79.9. The predicted octanol–water partition coefficient (Wildman–Crippen LogP) is 2.13. The number of thiol groups is 1. The lowest BCUT2D eigenvalue weighted by atomic mass is 10.5. The molecule has 0 saturated heterocycles. The Morgan fingerprint density at radius 1 is 1.62 bits per heavy atom. The molecule has 1 heterocycles. The van der Waals surface area contributed by atoms with Gasteiger partial charge in [-0.1, -0.05) is 15.9 Å². The van der Waals surface area contributed by atoms with Crippen molar-refractivity contribution in [3.8, 4) is 0 Å². The summed E-state index contributed by atoms with van der Waals surface area (Å²) in [4.78, 5) is 3.87. The molecule has 42 valence electrons. The average molecular weight is 190 g/mol. The van der Waals surface area contributed by atoms with Crippen molar-refractivity contribution in [3.63, 3.8) is 0 Å². The molecule has 0 spiro atoms. The van der Waals surface area contributed by atoms with Gasteiger partial charge in [0.1, 0.15) is 0 Å². The van der Waals surface area contributed by atoms with E-state index in [2.05, 4.69) is 33.5 Å². The summed E-state index contributed by atoms with van der Waals surface area (Å²) < 4.78 is 1.01. The minimum absolute atomic E-state index is 0.736. The van der Waals surface area contributed by atoms with E-state index < -0.39 is 0 Å². The maximum Gasteiger partial charge on any atom is 0.0940 e.